The second-order valence-electron chi connectivity index (χ2n) is 14.5. The Kier molecular flexibility index (Phi) is 7.68. The van der Waals surface area contributed by atoms with Gasteiger partial charge >= 0.3 is 0 Å². The SMILES string of the molecule is C.Cc1ccc2c(c1)C(c1ccccc1)(c1ccccc1)c1ccccc1-2.Cc1ccc2c(c1)C1(c3ccccc3-c3ccccc31)c1ccccc1-2. The van der Waals surface area contributed by atoms with Crippen molar-refractivity contribution in [3.63, 3.8) is 0 Å². The van der Waals surface area contributed by atoms with Crippen LogP contribution < -0.4 is 0 Å². The maximum absolute atomic E-state index is 2.40. The molecule has 3 aliphatic carbocycles. The molecular weight excluding hydrogens is 637 g/mol. The van der Waals surface area contributed by atoms with Crippen LogP contribution in [-0.4, -0.2) is 0 Å². The summed E-state index contributed by atoms with van der Waals surface area (Å²) in [5.74, 6) is 0. The van der Waals surface area contributed by atoms with E-state index < -0.39 is 0 Å². The molecule has 1 spiro atoms. The minimum absolute atomic E-state index is 0. The highest BCUT2D eigenvalue weighted by Crippen LogP contribution is 2.62. The highest BCUT2D eigenvalue weighted by Gasteiger charge is 2.51. The number of fused-ring (bicyclic) bond motifs is 13. The number of hydrogen-bond donors (Lipinski definition) is 0. The van der Waals surface area contributed by atoms with E-state index in [0.717, 1.165) is 0 Å². The quantitative estimate of drug-likeness (QED) is 0.171. The summed E-state index contributed by atoms with van der Waals surface area (Å²) < 4.78 is 0. The molecule has 0 aromatic heterocycles. The van der Waals surface area contributed by atoms with E-state index >= 15 is 0 Å². The van der Waals surface area contributed by atoms with E-state index in [1.165, 1.54) is 89.0 Å². The van der Waals surface area contributed by atoms with Crippen molar-refractivity contribution in [2.45, 2.75) is 32.1 Å². The molecule has 8 aromatic carbocycles. The van der Waals surface area contributed by atoms with Gasteiger partial charge in [0.05, 0.1) is 10.8 Å². The van der Waals surface area contributed by atoms with E-state index in [1.807, 2.05) is 0 Å². The molecule has 254 valence electrons. The predicted molar refractivity (Wildman–Crippen MR) is 223 cm³/mol. The second kappa shape index (κ2) is 12.5. The Balaban J connectivity index is 0.000000138. The van der Waals surface area contributed by atoms with Gasteiger partial charge in [0.1, 0.15) is 0 Å². The predicted octanol–water partition coefficient (Wildman–Crippen LogP) is 13.3. The third kappa shape index (κ3) is 4.49. The van der Waals surface area contributed by atoms with Crippen molar-refractivity contribution in [2.75, 3.05) is 0 Å². The van der Waals surface area contributed by atoms with Crippen LogP contribution in [0.4, 0.5) is 0 Å². The lowest BCUT2D eigenvalue weighted by atomic mass is 9.67. The lowest BCUT2D eigenvalue weighted by Crippen LogP contribution is -2.28. The molecule has 0 aliphatic heterocycles. The summed E-state index contributed by atoms with van der Waals surface area (Å²) in [5, 5.41) is 0. The topological polar surface area (TPSA) is 0 Å². The van der Waals surface area contributed by atoms with Gasteiger partial charge in [-0.2, -0.15) is 0 Å². The van der Waals surface area contributed by atoms with Gasteiger partial charge in [-0.3, -0.25) is 0 Å². The van der Waals surface area contributed by atoms with E-state index in [4.69, 9.17) is 0 Å². The molecule has 0 bridgehead atoms. The van der Waals surface area contributed by atoms with Crippen LogP contribution in [0.5, 0.6) is 0 Å². The maximum Gasteiger partial charge on any atom is 0.0725 e. The Hall–Kier alpha value is -6.24. The molecule has 0 heteroatoms. The molecule has 0 radical (unpaired) electrons. The Bertz CT molecular complexity index is 2440. The fourth-order valence-electron chi connectivity index (χ4n) is 9.77. The molecule has 0 fully saturated rings. The lowest BCUT2D eigenvalue weighted by Gasteiger charge is -2.34. The number of aryl methyl sites for hydroxylation is 2. The smallest absolute Gasteiger partial charge is 0.0725 e. The minimum atomic E-state index is -0.263. The van der Waals surface area contributed by atoms with E-state index in [2.05, 4.69) is 208 Å². The normalized spacial score (nSPS) is 14.0. The van der Waals surface area contributed by atoms with E-state index in [0.29, 0.717) is 0 Å². The average molecular weight is 679 g/mol. The molecule has 0 saturated heterocycles. The van der Waals surface area contributed by atoms with Crippen LogP contribution in [0.15, 0.2) is 194 Å². The molecule has 3 aliphatic rings. The summed E-state index contributed by atoms with van der Waals surface area (Å²) in [6, 6.07) is 71.4. The molecule has 53 heavy (non-hydrogen) atoms. The fourth-order valence-corrected chi connectivity index (χ4v) is 9.77. The molecule has 0 amide bonds. The average Bonchev–Trinajstić information content (AvgIpc) is 3.78. The molecule has 11 rings (SSSR count). The minimum Gasteiger partial charge on any atom is -0.0776 e. The summed E-state index contributed by atoms with van der Waals surface area (Å²) in [5.41, 5.74) is 21.4. The first-order valence-corrected chi connectivity index (χ1v) is 18.4. The summed E-state index contributed by atoms with van der Waals surface area (Å²) in [6.45, 7) is 4.38. The Morgan fingerprint density at radius 2 is 0.547 bits per heavy atom. The Labute approximate surface area is 314 Å². The van der Waals surface area contributed by atoms with Crippen molar-refractivity contribution in [3.05, 3.63) is 250 Å². The van der Waals surface area contributed by atoms with Gasteiger partial charge in [-0.1, -0.05) is 213 Å². The zero-order valence-corrected chi connectivity index (χ0v) is 29.5. The van der Waals surface area contributed by atoms with Gasteiger partial charge < -0.3 is 0 Å². The van der Waals surface area contributed by atoms with E-state index in [-0.39, 0.29) is 18.3 Å². The zero-order chi connectivity index (χ0) is 34.9. The monoisotopic (exact) mass is 678 g/mol. The largest absolute Gasteiger partial charge is 0.0776 e. The number of hydrogen-bond acceptors (Lipinski definition) is 0. The van der Waals surface area contributed by atoms with Crippen LogP contribution in [0.25, 0.3) is 33.4 Å². The van der Waals surface area contributed by atoms with Crippen LogP contribution in [-0.2, 0) is 10.8 Å². The van der Waals surface area contributed by atoms with Crippen molar-refractivity contribution in [3.8, 4) is 33.4 Å². The highest BCUT2D eigenvalue weighted by molar-refractivity contribution is 5.95. The molecule has 0 N–H and O–H groups in total. The molecule has 0 nitrogen and oxygen atoms in total. The fraction of sp³-hybridized carbons (Fsp3) is 0.0943. The van der Waals surface area contributed by atoms with Crippen LogP contribution in [0, 0.1) is 13.8 Å². The van der Waals surface area contributed by atoms with Gasteiger partial charge in [-0.15, -0.1) is 0 Å². The van der Waals surface area contributed by atoms with Crippen LogP contribution >= 0.6 is 0 Å². The molecule has 8 aromatic rings. The van der Waals surface area contributed by atoms with Crippen LogP contribution in [0.2, 0.25) is 0 Å². The first-order chi connectivity index (χ1) is 25.6. The van der Waals surface area contributed by atoms with Crippen LogP contribution in [0.3, 0.4) is 0 Å². The third-order valence-corrected chi connectivity index (χ3v) is 11.8. The van der Waals surface area contributed by atoms with Gasteiger partial charge in [-0.25, -0.2) is 0 Å². The van der Waals surface area contributed by atoms with Gasteiger partial charge in [0.25, 0.3) is 0 Å². The van der Waals surface area contributed by atoms with Crippen molar-refractivity contribution < 1.29 is 0 Å². The Morgan fingerprint density at radius 3 is 0.925 bits per heavy atom. The third-order valence-electron chi connectivity index (χ3n) is 11.8. The Morgan fingerprint density at radius 1 is 0.264 bits per heavy atom. The highest BCUT2D eigenvalue weighted by atomic mass is 14.5. The van der Waals surface area contributed by atoms with E-state index in [9.17, 15) is 0 Å². The first kappa shape index (κ1) is 32.7. The van der Waals surface area contributed by atoms with Gasteiger partial charge in [-0.05, 0) is 91.7 Å². The van der Waals surface area contributed by atoms with Crippen molar-refractivity contribution in [2.24, 2.45) is 0 Å². The standard InChI is InChI=1S/C26H18.C26H20.CH4/c1-17-14-15-21-20-10-4-7-13-24(20)26(25(21)16-17)22-11-5-2-8-18(22)19-9-3-6-12-23(19)26;1-19-16-17-23-22-14-8-9-15-24(22)26(25(23)18-19,20-10-4-2-5-11-20)21-12-6-3-7-13-21;/h2-16H,1H3;2-18H,1H3;1H4. The lowest BCUT2D eigenvalue weighted by molar-refractivity contribution is 0.767. The van der Waals surface area contributed by atoms with Gasteiger partial charge in [0.15, 0.2) is 0 Å². The van der Waals surface area contributed by atoms with Crippen molar-refractivity contribution >= 4 is 0 Å². The van der Waals surface area contributed by atoms with E-state index in [1.54, 1.807) is 0 Å². The van der Waals surface area contributed by atoms with Crippen LogP contribution in [0.1, 0.15) is 63.1 Å². The summed E-state index contributed by atoms with van der Waals surface area (Å²) in [6.07, 6.45) is 0. The molecule has 0 unspecified atom stereocenters. The summed E-state index contributed by atoms with van der Waals surface area (Å²) in [7, 11) is 0. The number of rotatable bonds is 2. The van der Waals surface area contributed by atoms with Gasteiger partial charge in [0, 0.05) is 0 Å². The van der Waals surface area contributed by atoms with Gasteiger partial charge in [0.2, 0.25) is 0 Å². The van der Waals surface area contributed by atoms with Crippen molar-refractivity contribution in [1.29, 1.82) is 0 Å². The maximum atomic E-state index is 2.40. The molecular formula is C53H42. The number of benzene rings is 8. The summed E-state index contributed by atoms with van der Waals surface area (Å²) >= 11 is 0. The molecule has 0 atom stereocenters. The summed E-state index contributed by atoms with van der Waals surface area (Å²) in [4.78, 5) is 0. The second-order valence-corrected chi connectivity index (χ2v) is 14.5. The van der Waals surface area contributed by atoms with Crippen molar-refractivity contribution in [1.82, 2.24) is 0 Å². The first-order valence-electron chi connectivity index (χ1n) is 18.4. The molecule has 0 saturated carbocycles. The zero-order valence-electron chi connectivity index (χ0n) is 29.5. The molecule has 0 heterocycles.